The van der Waals surface area contributed by atoms with Crippen LogP contribution in [0.3, 0.4) is 0 Å². The number of ether oxygens (including phenoxy) is 1. The van der Waals surface area contributed by atoms with E-state index in [1.165, 1.54) is 29.2 Å². The average molecular weight is 398 g/mol. The highest BCUT2D eigenvalue weighted by molar-refractivity contribution is 5.89. The number of nitriles is 1. The molecule has 3 aromatic heterocycles. The summed E-state index contributed by atoms with van der Waals surface area (Å²) in [6.07, 6.45) is 1.69. The number of aromatic amines is 1. The fraction of sp³-hybridized carbons (Fsp3) is 0.158. The molecular weight excluding hydrogens is 385 g/mol. The molecule has 0 saturated carbocycles. The molecule has 1 atom stereocenters. The van der Waals surface area contributed by atoms with Gasteiger partial charge in [0.05, 0.1) is 30.4 Å². The van der Waals surface area contributed by atoms with Crippen LogP contribution in [0.1, 0.15) is 18.0 Å². The van der Waals surface area contributed by atoms with Crippen LogP contribution in [0.25, 0.3) is 22.3 Å². The zero-order valence-electron chi connectivity index (χ0n) is 14.8. The van der Waals surface area contributed by atoms with E-state index in [1.807, 2.05) is 6.07 Å². The lowest BCUT2D eigenvalue weighted by Gasteiger charge is -2.16. The van der Waals surface area contributed by atoms with E-state index in [9.17, 15) is 18.4 Å². The molecule has 0 spiro atoms. The molecule has 4 rings (SSSR count). The van der Waals surface area contributed by atoms with E-state index in [2.05, 4.69) is 30.9 Å². The number of alkyl halides is 3. The molecule has 0 aliphatic heterocycles. The first-order chi connectivity index (χ1) is 13.9. The van der Waals surface area contributed by atoms with Gasteiger partial charge in [-0.05, 0) is 23.8 Å². The summed E-state index contributed by atoms with van der Waals surface area (Å²) in [7, 11) is 0. The summed E-state index contributed by atoms with van der Waals surface area (Å²) < 4.78 is 43.1. The van der Waals surface area contributed by atoms with Crippen LogP contribution in [0, 0.1) is 11.3 Å². The van der Waals surface area contributed by atoms with Gasteiger partial charge in [-0.15, -0.1) is 13.2 Å². The highest BCUT2D eigenvalue weighted by Crippen LogP contribution is 2.30. The molecule has 1 aromatic carbocycles. The van der Waals surface area contributed by atoms with Crippen molar-refractivity contribution in [3.63, 3.8) is 0 Å². The van der Waals surface area contributed by atoms with Crippen LogP contribution in [0.2, 0.25) is 0 Å². The Morgan fingerprint density at radius 3 is 2.90 bits per heavy atom. The Hall–Kier alpha value is -3.87. The van der Waals surface area contributed by atoms with Crippen LogP contribution in [-0.2, 0) is 0 Å². The molecule has 10 heteroatoms. The van der Waals surface area contributed by atoms with Gasteiger partial charge in [0.15, 0.2) is 0 Å². The minimum absolute atomic E-state index is 0.0138. The largest absolute Gasteiger partial charge is 0.573 e. The van der Waals surface area contributed by atoms with Crippen molar-refractivity contribution < 1.29 is 17.9 Å². The van der Waals surface area contributed by atoms with Crippen molar-refractivity contribution in [2.75, 3.05) is 0 Å². The SMILES string of the molecule is N#CCC(c1cccc(OC(F)(F)F)c1)n1cc(-c2ncnc3[nH]ccc23)cn1. The number of benzene rings is 1. The van der Waals surface area contributed by atoms with E-state index in [0.717, 1.165) is 5.39 Å². The maximum atomic E-state index is 12.5. The standard InChI is InChI=1S/C19H13F3N6O/c20-19(21,22)29-14-3-1-2-12(8-14)16(4-6-23)28-10-13(9-27-28)17-15-5-7-24-18(15)26-11-25-17/h1-3,5,7-11,16H,4H2,(H,24,25,26). The molecule has 7 nitrogen and oxygen atoms in total. The van der Waals surface area contributed by atoms with E-state index < -0.39 is 12.4 Å². The van der Waals surface area contributed by atoms with Crippen molar-refractivity contribution in [3.8, 4) is 23.1 Å². The summed E-state index contributed by atoms with van der Waals surface area (Å²) in [6.45, 7) is 0. The molecule has 1 unspecified atom stereocenters. The number of rotatable bonds is 5. The number of hydrogen-bond donors (Lipinski definition) is 1. The lowest BCUT2D eigenvalue weighted by Crippen LogP contribution is -2.17. The van der Waals surface area contributed by atoms with Gasteiger partial charge in [-0.25, -0.2) is 9.97 Å². The average Bonchev–Trinajstić information content (AvgIpc) is 3.34. The fourth-order valence-corrected chi connectivity index (χ4v) is 3.10. The molecule has 29 heavy (non-hydrogen) atoms. The zero-order valence-corrected chi connectivity index (χ0v) is 14.8. The second-order valence-corrected chi connectivity index (χ2v) is 6.17. The van der Waals surface area contributed by atoms with Gasteiger partial charge in [0.25, 0.3) is 0 Å². The second kappa shape index (κ2) is 7.27. The molecular formula is C19H13F3N6O. The van der Waals surface area contributed by atoms with Crippen LogP contribution >= 0.6 is 0 Å². The van der Waals surface area contributed by atoms with Gasteiger partial charge in [-0.1, -0.05) is 12.1 Å². The molecule has 0 amide bonds. The first-order valence-electron chi connectivity index (χ1n) is 8.50. The van der Waals surface area contributed by atoms with E-state index in [4.69, 9.17) is 0 Å². The predicted octanol–water partition coefficient (Wildman–Crippen LogP) is 4.22. The van der Waals surface area contributed by atoms with E-state index >= 15 is 0 Å². The lowest BCUT2D eigenvalue weighted by molar-refractivity contribution is -0.274. The minimum Gasteiger partial charge on any atom is -0.406 e. The smallest absolute Gasteiger partial charge is 0.406 e. The number of H-pyrrole nitrogens is 1. The number of aromatic nitrogens is 5. The summed E-state index contributed by atoms with van der Waals surface area (Å²) in [4.78, 5) is 11.4. The van der Waals surface area contributed by atoms with Crippen LogP contribution in [-0.4, -0.2) is 31.1 Å². The molecule has 0 saturated heterocycles. The van der Waals surface area contributed by atoms with Crippen LogP contribution in [0.4, 0.5) is 13.2 Å². The molecule has 0 aliphatic rings. The summed E-state index contributed by atoms with van der Waals surface area (Å²) in [5.74, 6) is -0.352. The molecule has 0 aliphatic carbocycles. The van der Waals surface area contributed by atoms with Crippen molar-refractivity contribution in [2.45, 2.75) is 18.8 Å². The van der Waals surface area contributed by atoms with Crippen LogP contribution in [0.5, 0.6) is 5.75 Å². The normalized spacial score (nSPS) is 12.6. The van der Waals surface area contributed by atoms with Gasteiger partial charge in [0.1, 0.15) is 17.7 Å². The van der Waals surface area contributed by atoms with Gasteiger partial charge < -0.3 is 9.72 Å². The third-order valence-corrected chi connectivity index (χ3v) is 4.31. The second-order valence-electron chi connectivity index (χ2n) is 6.17. The maximum Gasteiger partial charge on any atom is 0.573 e. The number of hydrogen-bond acceptors (Lipinski definition) is 5. The molecule has 146 valence electrons. The Morgan fingerprint density at radius 2 is 2.10 bits per heavy atom. The van der Waals surface area contributed by atoms with Crippen molar-refractivity contribution in [1.82, 2.24) is 24.7 Å². The Labute approximate surface area is 162 Å². The highest BCUT2D eigenvalue weighted by Gasteiger charge is 2.31. The van der Waals surface area contributed by atoms with Crippen molar-refractivity contribution >= 4 is 11.0 Å². The lowest BCUT2D eigenvalue weighted by atomic mass is 10.0. The van der Waals surface area contributed by atoms with Crippen LogP contribution in [0.15, 0.2) is 55.2 Å². The van der Waals surface area contributed by atoms with E-state index in [1.54, 1.807) is 24.7 Å². The number of nitrogens with one attached hydrogen (secondary N) is 1. The summed E-state index contributed by atoms with van der Waals surface area (Å²) in [5.41, 5.74) is 2.50. The Bertz CT molecular complexity index is 1190. The third kappa shape index (κ3) is 3.89. The quantitative estimate of drug-likeness (QED) is 0.543. The molecule has 4 aromatic rings. The third-order valence-electron chi connectivity index (χ3n) is 4.31. The van der Waals surface area contributed by atoms with Gasteiger partial charge in [0, 0.05) is 23.3 Å². The van der Waals surface area contributed by atoms with Crippen molar-refractivity contribution in [2.24, 2.45) is 0 Å². The Kier molecular flexibility index (Phi) is 4.64. The molecule has 1 N–H and O–H groups in total. The number of fused-ring (bicyclic) bond motifs is 1. The molecule has 0 radical (unpaired) electrons. The van der Waals surface area contributed by atoms with E-state index in [-0.39, 0.29) is 12.2 Å². The first kappa shape index (κ1) is 18.5. The zero-order chi connectivity index (χ0) is 20.4. The fourth-order valence-electron chi connectivity index (χ4n) is 3.10. The van der Waals surface area contributed by atoms with E-state index in [0.29, 0.717) is 22.5 Å². The molecule has 0 fully saturated rings. The molecule has 0 bridgehead atoms. The predicted molar refractivity (Wildman–Crippen MR) is 96.6 cm³/mol. The van der Waals surface area contributed by atoms with Crippen molar-refractivity contribution in [1.29, 1.82) is 5.26 Å². The Morgan fingerprint density at radius 1 is 1.24 bits per heavy atom. The molecule has 3 heterocycles. The summed E-state index contributed by atoms with van der Waals surface area (Å²) >= 11 is 0. The van der Waals surface area contributed by atoms with Gasteiger partial charge >= 0.3 is 6.36 Å². The highest BCUT2D eigenvalue weighted by atomic mass is 19.4. The number of halogens is 3. The van der Waals surface area contributed by atoms with Crippen LogP contribution < -0.4 is 4.74 Å². The van der Waals surface area contributed by atoms with Gasteiger partial charge in [-0.3, -0.25) is 4.68 Å². The van der Waals surface area contributed by atoms with Gasteiger partial charge in [0.2, 0.25) is 0 Å². The first-order valence-corrected chi connectivity index (χ1v) is 8.50. The topological polar surface area (TPSA) is 92.4 Å². The summed E-state index contributed by atoms with van der Waals surface area (Å²) in [6, 6.07) is 8.84. The monoisotopic (exact) mass is 398 g/mol. The van der Waals surface area contributed by atoms with Gasteiger partial charge in [-0.2, -0.15) is 10.4 Å². The Balaban J connectivity index is 1.70. The minimum atomic E-state index is -4.79. The summed E-state index contributed by atoms with van der Waals surface area (Å²) in [5, 5.41) is 14.4. The van der Waals surface area contributed by atoms with Crippen molar-refractivity contribution in [3.05, 3.63) is 60.8 Å². The number of nitrogens with zero attached hydrogens (tertiary/aromatic N) is 5. The maximum absolute atomic E-state index is 12.5.